The number of carbonyl (C=O) groups is 5. The van der Waals surface area contributed by atoms with Crippen molar-refractivity contribution < 1.29 is 48.2 Å². The van der Waals surface area contributed by atoms with Gasteiger partial charge in [-0.1, -0.05) is 50.2 Å². The van der Waals surface area contributed by atoms with Crippen LogP contribution in [-0.2, 0) is 33.2 Å². The number of hydrogen-bond acceptors (Lipinski definition) is 10. The molecule has 0 aliphatic carbocycles. The van der Waals surface area contributed by atoms with Crippen molar-refractivity contribution in [3.05, 3.63) is 54.2 Å². The normalized spacial score (nSPS) is 18.8. The third-order valence-electron chi connectivity index (χ3n) is 6.50. The SMILES string of the molecule is COC(=O)[C@]1(CC(=O)O)CC(=O)OB([C@H](CC(C)C)NC(=O)C(NC(=O)c2cccc(-c3ccccc3)n2)[C@@H](C)O)O1. The lowest BCUT2D eigenvalue weighted by Crippen LogP contribution is -2.63. The van der Waals surface area contributed by atoms with Crippen LogP contribution in [0.1, 0.15) is 50.5 Å². The Morgan fingerprint density at radius 1 is 1.07 bits per heavy atom. The number of nitrogens with zero attached hydrogens (tertiary/aromatic N) is 1. The fraction of sp³-hybridized carbons (Fsp3) is 0.429. The van der Waals surface area contributed by atoms with Crippen LogP contribution in [0.25, 0.3) is 11.3 Å². The molecule has 1 aromatic heterocycles. The average Bonchev–Trinajstić information content (AvgIpc) is 2.94. The summed E-state index contributed by atoms with van der Waals surface area (Å²) < 4.78 is 15.8. The Morgan fingerprint density at radius 3 is 2.36 bits per heavy atom. The molecular weight excluding hydrogens is 549 g/mol. The van der Waals surface area contributed by atoms with Gasteiger partial charge in [0.2, 0.25) is 5.91 Å². The van der Waals surface area contributed by atoms with Gasteiger partial charge in [-0.05, 0) is 31.4 Å². The van der Waals surface area contributed by atoms with E-state index in [0.717, 1.165) is 12.7 Å². The van der Waals surface area contributed by atoms with Gasteiger partial charge >= 0.3 is 19.1 Å². The molecular formula is C28H34BN3O10. The molecule has 2 amide bonds. The van der Waals surface area contributed by atoms with Crippen LogP contribution in [0.5, 0.6) is 0 Å². The quantitative estimate of drug-likeness (QED) is 0.207. The van der Waals surface area contributed by atoms with E-state index in [9.17, 15) is 34.2 Å². The van der Waals surface area contributed by atoms with E-state index in [1.165, 1.54) is 13.0 Å². The number of aliphatic hydroxyl groups is 1. The molecule has 14 heteroatoms. The zero-order valence-corrected chi connectivity index (χ0v) is 23.7. The van der Waals surface area contributed by atoms with E-state index in [2.05, 4.69) is 15.6 Å². The number of hydrogen-bond donors (Lipinski definition) is 4. The van der Waals surface area contributed by atoms with Gasteiger partial charge in [-0.3, -0.25) is 19.2 Å². The Hall–Kier alpha value is -4.30. The van der Waals surface area contributed by atoms with E-state index in [0.29, 0.717) is 5.69 Å². The first kappa shape index (κ1) is 32.2. The number of pyridine rings is 1. The molecule has 1 aliphatic rings. The number of rotatable bonds is 12. The number of aliphatic carboxylic acids is 1. The largest absolute Gasteiger partial charge is 0.552 e. The number of carboxylic acids is 1. The zero-order valence-electron chi connectivity index (χ0n) is 23.7. The van der Waals surface area contributed by atoms with Crippen molar-refractivity contribution in [1.82, 2.24) is 15.6 Å². The van der Waals surface area contributed by atoms with Crippen molar-refractivity contribution in [2.45, 2.75) is 63.7 Å². The molecule has 4 atom stereocenters. The highest BCUT2D eigenvalue weighted by atomic mass is 16.7. The van der Waals surface area contributed by atoms with Crippen LogP contribution in [0.15, 0.2) is 48.5 Å². The molecule has 13 nitrogen and oxygen atoms in total. The Bertz CT molecular complexity index is 1300. The number of carboxylic acid groups (broad SMARTS) is 1. The summed E-state index contributed by atoms with van der Waals surface area (Å²) in [6, 6.07) is 12.5. The standard InChI is InChI=1S/C28H34BN3O10/c1-16(2)13-21(29-41-23(36)15-28(42-29,14-22(34)35)27(39)40-4)31-26(38)24(17(3)33)32-25(37)20-12-8-11-19(30-20)18-9-6-5-7-10-18/h5-12,16-17,21,24,33H,13-15H2,1-4H3,(H,31,38)(H,32,37)(H,34,35)/t17-,21+,24?,28+/m1/s1. The first-order valence-corrected chi connectivity index (χ1v) is 13.3. The number of aliphatic hydroxyl groups excluding tert-OH is 1. The lowest BCUT2D eigenvalue weighted by molar-refractivity contribution is -0.177. The van der Waals surface area contributed by atoms with Crippen molar-refractivity contribution in [1.29, 1.82) is 0 Å². The maximum absolute atomic E-state index is 13.4. The highest BCUT2D eigenvalue weighted by molar-refractivity contribution is 6.50. The third kappa shape index (κ3) is 8.14. The van der Waals surface area contributed by atoms with E-state index < -0.39 is 73.4 Å². The number of aromatic nitrogens is 1. The van der Waals surface area contributed by atoms with Crippen LogP contribution in [0.4, 0.5) is 0 Å². The van der Waals surface area contributed by atoms with Crippen LogP contribution in [0.3, 0.4) is 0 Å². The fourth-order valence-corrected chi connectivity index (χ4v) is 4.55. The summed E-state index contributed by atoms with van der Waals surface area (Å²) in [5, 5.41) is 24.9. The summed E-state index contributed by atoms with van der Waals surface area (Å²) in [5.41, 5.74) is -0.852. The lowest BCUT2D eigenvalue weighted by Gasteiger charge is -2.38. The van der Waals surface area contributed by atoms with E-state index in [4.69, 9.17) is 14.0 Å². The maximum Gasteiger partial charge on any atom is 0.552 e. The van der Waals surface area contributed by atoms with E-state index in [-0.39, 0.29) is 18.0 Å². The predicted molar refractivity (Wildman–Crippen MR) is 149 cm³/mol. The van der Waals surface area contributed by atoms with Crippen LogP contribution < -0.4 is 10.6 Å². The highest BCUT2D eigenvalue weighted by Crippen LogP contribution is 2.31. The van der Waals surface area contributed by atoms with E-state index in [1.54, 1.807) is 12.1 Å². The zero-order chi connectivity index (χ0) is 31.0. The molecule has 224 valence electrons. The van der Waals surface area contributed by atoms with Gasteiger partial charge in [0.15, 0.2) is 5.60 Å². The second-order valence-electron chi connectivity index (χ2n) is 10.4. The topological polar surface area (TPSA) is 190 Å². The molecule has 0 radical (unpaired) electrons. The molecule has 1 saturated heterocycles. The molecule has 4 N–H and O–H groups in total. The summed E-state index contributed by atoms with van der Waals surface area (Å²) in [4.78, 5) is 67.5. The fourth-order valence-electron chi connectivity index (χ4n) is 4.55. The second-order valence-corrected chi connectivity index (χ2v) is 10.4. The number of benzene rings is 1. The average molecular weight is 583 g/mol. The molecule has 42 heavy (non-hydrogen) atoms. The summed E-state index contributed by atoms with van der Waals surface area (Å²) in [6.07, 6.45) is -2.78. The molecule has 0 saturated carbocycles. The molecule has 3 rings (SSSR count). The molecule has 2 aromatic rings. The minimum absolute atomic E-state index is 0.00890. The number of carbonyl (C=O) groups excluding carboxylic acids is 4. The third-order valence-corrected chi connectivity index (χ3v) is 6.50. The lowest BCUT2D eigenvalue weighted by atomic mass is 9.70. The van der Waals surface area contributed by atoms with Crippen LogP contribution >= 0.6 is 0 Å². The van der Waals surface area contributed by atoms with Crippen LogP contribution in [-0.4, -0.2) is 82.8 Å². The first-order chi connectivity index (χ1) is 19.8. The van der Waals surface area contributed by atoms with Crippen LogP contribution in [0.2, 0.25) is 0 Å². The summed E-state index contributed by atoms with van der Waals surface area (Å²) >= 11 is 0. The van der Waals surface area contributed by atoms with Crippen LogP contribution in [0, 0.1) is 5.92 Å². The minimum atomic E-state index is -2.17. The molecule has 1 fully saturated rings. The summed E-state index contributed by atoms with van der Waals surface area (Å²) in [7, 11) is -0.539. The first-order valence-electron chi connectivity index (χ1n) is 13.3. The molecule has 0 bridgehead atoms. The van der Waals surface area contributed by atoms with Gasteiger partial charge < -0.3 is 34.9 Å². The number of nitrogens with one attached hydrogen (secondary N) is 2. The van der Waals surface area contributed by atoms with Gasteiger partial charge in [-0.15, -0.1) is 0 Å². The molecule has 1 aromatic carbocycles. The minimum Gasteiger partial charge on any atom is -0.508 e. The van der Waals surface area contributed by atoms with Gasteiger partial charge in [-0.2, -0.15) is 0 Å². The van der Waals surface area contributed by atoms with Gasteiger partial charge in [0, 0.05) is 5.56 Å². The predicted octanol–water partition coefficient (Wildman–Crippen LogP) is 1.14. The van der Waals surface area contributed by atoms with Crippen molar-refractivity contribution in [3.8, 4) is 11.3 Å². The van der Waals surface area contributed by atoms with E-state index in [1.807, 2.05) is 44.2 Å². The second kappa shape index (κ2) is 14.1. The van der Waals surface area contributed by atoms with Gasteiger partial charge in [-0.25, -0.2) is 9.78 Å². The Morgan fingerprint density at radius 2 is 1.76 bits per heavy atom. The van der Waals surface area contributed by atoms with Crippen molar-refractivity contribution >= 4 is 36.8 Å². The van der Waals surface area contributed by atoms with Crippen molar-refractivity contribution in [2.24, 2.45) is 5.92 Å². The van der Waals surface area contributed by atoms with Gasteiger partial charge in [0.05, 0.1) is 37.7 Å². The number of ether oxygens (including phenoxy) is 1. The Labute approximate surface area is 243 Å². The maximum atomic E-state index is 13.4. The molecule has 2 heterocycles. The van der Waals surface area contributed by atoms with E-state index >= 15 is 0 Å². The number of amides is 2. The van der Waals surface area contributed by atoms with Gasteiger partial charge in [0.1, 0.15) is 11.7 Å². The van der Waals surface area contributed by atoms with Crippen molar-refractivity contribution in [3.63, 3.8) is 0 Å². The monoisotopic (exact) mass is 583 g/mol. The molecule has 0 spiro atoms. The van der Waals surface area contributed by atoms with Gasteiger partial charge in [0.25, 0.3) is 11.9 Å². The Kier molecular flexibility index (Phi) is 10.8. The molecule has 1 unspecified atom stereocenters. The number of esters is 1. The molecule has 1 aliphatic heterocycles. The highest BCUT2D eigenvalue weighted by Gasteiger charge is 2.55. The van der Waals surface area contributed by atoms with Crippen molar-refractivity contribution in [2.75, 3.05) is 7.11 Å². The Balaban J connectivity index is 1.83. The summed E-state index contributed by atoms with van der Waals surface area (Å²) in [5.74, 6) is -6.17. The smallest absolute Gasteiger partial charge is 0.508 e. The number of methoxy groups -OCH3 is 1. The summed E-state index contributed by atoms with van der Waals surface area (Å²) in [6.45, 7) is 4.93.